The minimum absolute atomic E-state index is 0.0166. The maximum Gasteiger partial charge on any atom is 0.338 e. The SMILES string of the molecule is C=C(C)C(=O)OC(C)CCOC(=O)c1cc(Oc2ccc(C(=O)OCCC(C)OC(=O)C(=C)C)c(C(=O)NC)c2)cc(C(=O)Nc2cccc(C(=O)Nc3cccc(C(=O)c4cccc(NC(=O)c5cccc(C)c5)c4)c3)c2)c1. The second-order valence-electron chi connectivity index (χ2n) is 18.3. The van der Waals surface area contributed by atoms with E-state index < -0.39 is 53.8 Å². The molecule has 79 heavy (non-hydrogen) atoms. The molecule has 406 valence electrons. The quantitative estimate of drug-likeness (QED) is 0.0202. The predicted molar refractivity (Wildman–Crippen MR) is 295 cm³/mol. The van der Waals surface area contributed by atoms with Crippen LogP contribution in [0.1, 0.15) is 124 Å². The van der Waals surface area contributed by atoms with E-state index in [1.165, 1.54) is 87.6 Å². The molecule has 0 aliphatic rings. The zero-order chi connectivity index (χ0) is 57.3. The molecule has 0 aromatic heterocycles. The summed E-state index contributed by atoms with van der Waals surface area (Å²) < 4.78 is 27.5. The monoisotopic (exact) mass is 1070 g/mol. The van der Waals surface area contributed by atoms with Gasteiger partial charge in [0.25, 0.3) is 23.6 Å². The van der Waals surface area contributed by atoms with E-state index in [0.29, 0.717) is 22.5 Å². The lowest BCUT2D eigenvalue weighted by Crippen LogP contribution is -2.23. The molecule has 0 aliphatic heterocycles. The van der Waals surface area contributed by atoms with E-state index in [2.05, 4.69) is 34.4 Å². The van der Waals surface area contributed by atoms with Crippen LogP contribution in [0.3, 0.4) is 0 Å². The van der Waals surface area contributed by atoms with Crippen LogP contribution in [0.5, 0.6) is 11.5 Å². The Bertz CT molecular complexity index is 3380. The van der Waals surface area contributed by atoms with E-state index in [-0.39, 0.29) is 99.5 Å². The first kappa shape index (κ1) is 58.3. The first-order valence-electron chi connectivity index (χ1n) is 24.8. The van der Waals surface area contributed by atoms with Crippen molar-refractivity contribution >= 4 is 70.4 Å². The van der Waals surface area contributed by atoms with Gasteiger partial charge in [0.1, 0.15) is 23.7 Å². The van der Waals surface area contributed by atoms with Gasteiger partial charge in [0.2, 0.25) is 0 Å². The molecule has 0 saturated carbocycles. The van der Waals surface area contributed by atoms with Crippen molar-refractivity contribution in [3.05, 3.63) is 208 Å². The average Bonchev–Trinajstić information content (AvgIpc) is 3.45. The summed E-state index contributed by atoms with van der Waals surface area (Å²) >= 11 is 0. The zero-order valence-electron chi connectivity index (χ0n) is 44.3. The van der Waals surface area contributed by atoms with Crippen molar-refractivity contribution in [1.82, 2.24) is 5.32 Å². The van der Waals surface area contributed by atoms with Gasteiger partial charge in [0, 0.05) is 75.9 Å². The number of carbonyl (C=O) groups excluding carboxylic acids is 9. The maximum atomic E-state index is 14.0. The summed E-state index contributed by atoms with van der Waals surface area (Å²) in [6.07, 6.45) is -0.936. The fraction of sp³-hybridized carbons (Fsp3) is 0.197. The van der Waals surface area contributed by atoms with Crippen LogP contribution in [0.15, 0.2) is 158 Å². The number of ketones is 1. The van der Waals surface area contributed by atoms with Gasteiger partial charge < -0.3 is 45.0 Å². The van der Waals surface area contributed by atoms with Crippen LogP contribution in [-0.4, -0.2) is 85.8 Å². The third-order valence-electron chi connectivity index (χ3n) is 11.6. The fourth-order valence-corrected chi connectivity index (χ4v) is 7.39. The number of hydrogen-bond acceptors (Lipinski definition) is 14. The van der Waals surface area contributed by atoms with Crippen LogP contribution in [0.2, 0.25) is 0 Å². The largest absolute Gasteiger partial charge is 0.462 e. The van der Waals surface area contributed by atoms with Gasteiger partial charge in [-0.05, 0) is 126 Å². The van der Waals surface area contributed by atoms with Gasteiger partial charge >= 0.3 is 23.9 Å². The highest BCUT2D eigenvalue weighted by atomic mass is 16.6. The standard InChI is InChI=1S/C61H58N4O14/c1-35(2)58(71)77-38(6)23-25-75-60(73)45-28-44(32-50(33-45)79-49-21-22-51(52(34-49)57(70)62-8)61(74)76-26-24-39(7)78-59(72)36(3)4)56(69)65-48-20-12-17-43(31-48)55(68)64-47-19-11-15-41(30-47)53(66)40-14-10-18-46(29-40)63-54(67)42-16-9-13-37(5)27-42/h9-22,27-34,38-39H,1,3,23-26H2,2,4-8H3,(H,62,70)(H,63,67)(H,64,68)(H,65,69). The van der Waals surface area contributed by atoms with Crippen LogP contribution in [-0.2, 0) is 28.5 Å². The van der Waals surface area contributed by atoms with Crippen LogP contribution in [0.25, 0.3) is 0 Å². The Labute approximate surface area is 456 Å². The molecule has 4 amide bonds. The van der Waals surface area contributed by atoms with Gasteiger partial charge in [0.05, 0.1) is 29.9 Å². The number of rotatable bonds is 23. The summed E-state index contributed by atoms with van der Waals surface area (Å²) in [5.74, 6) is -5.62. The Morgan fingerprint density at radius 2 is 0.924 bits per heavy atom. The van der Waals surface area contributed by atoms with Gasteiger partial charge in [-0.25, -0.2) is 19.2 Å². The second-order valence-corrected chi connectivity index (χ2v) is 18.3. The van der Waals surface area contributed by atoms with Crippen LogP contribution >= 0.6 is 0 Å². The Balaban J connectivity index is 1.18. The topological polar surface area (TPSA) is 248 Å². The number of anilines is 3. The lowest BCUT2D eigenvalue weighted by molar-refractivity contribution is -0.144. The Kier molecular flexibility index (Phi) is 20.1. The van der Waals surface area contributed by atoms with Crippen LogP contribution < -0.4 is 26.0 Å². The van der Waals surface area contributed by atoms with Crippen LogP contribution in [0, 0.1) is 6.92 Å². The first-order valence-corrected chi connectivity index (χ1v) is 24.8. The smallest absolute Gasteiger partial charge is 0.338 e. The molecule has 6 aromatic carbocycles. The van der Waals surface area contributed by atoms with Crippen molar-refractivity contribution in [2.24, 2.45) is 0 Å². The molecule has 0 bridgehead atoms. The molecule has 0 spiro atoms. The van der Waals surface area contributed by atoms with E-state index in [0.717, 1.165) is 5.56 Å². The highest BCUT2D eigenvalue weighted by molar-refractivity contribution is 6.12. The number of aryl methyl sites for hydroxylation is 1. The molecule has 0 aliphatic carbocycles. The number of carbonyl (C=O) groups is 9. The Morgan fingerprint density at radius 3 is 1.43 bits per heavy atom. The molecule has 6 rings (SSSR count). The molecule has 0 fully saturated rings. The summed E-state index contributed by atoms with van der Waals surface area (Å²) in [4.78, 5) is 118. The highest BCUT2D eigenvalue weighted by Crippen LogP contribution is 2.29. The lowest BCUT2D eigenvalue weighted by Gasteiger charge is -2.15. The van der Waals surface area contributed by atoms with E-state index in [4.69, 9.17) is 23.7 Å². The van der Waals surface area contributed by atoms with Gasteiger partial charge in [-0.1, -0.05) is 61.2 Å². The normalized spacial score (nSPS) is 11.3. The fourth-order valence-electron chi connectivity index (χ4n) is 7.39. The third-order valence-corrected chi connectivity index (χ3v) is 11.6. The van der Waals surface area contributed by atoms with Crippen molar-refractivity contribution in [2.75, 3.05) is 36.2 Å². The van der Waals surface area contributed by atoms with E-state index >= 15 is 0 Å². The van der Waals surface area contributed by atoms with Gasteiger partial charge in [-0.2, -0.15) is 0 Å². The number of amides is 4. The van der Waals surface area contributed by atoms with Crippen molar-refractivity contribution in [3.63, 3.8) is 0 Å². The number of ether oxygens (including phenoxy) is 5. The van der Waals surface area contributed by atoms with E-state index in [1.807, 2.05) is 13.0 Å². The van der Waals surface area contributed by atoms with Crippen molar-refractivity contribution in [1.29, 1.82) is 0 Å². The average molecular weight is 1070 g/mol. The van der Waals surface area contributed by atoms with Gasteiger partial charge in [-0.15, -0.1) is 0 Å². The molecule has 2 atom stereocenters. The minimum atomic E-state index is -0.869. The molecule has 18 nitrogen and oxygen atoms in total. The van der Waals surface area contributed by atoms with Gasteiger partial charge in [0.15, 0.2) is 5.78 Å². The zero-order valence-corrected chi connectivity index (χ0v) is 44.3. The molecular formula is C61H58N4O14. The summed E-state index contributed by atoms with van der Waals surface area (Å²) in [5, 5.41) is 10.8. The number of esters is 4. The molecule has 4 N–H and O–H groups in total. The second kappa shape index (κ2) is 27.2. The number of hydrogen-bond donors (Lipinski definition) is 4. The molecular weight excluding hydrogens is 1010 g/mol. The summed E-state index contributed by atoms with van der Waals surface area (Å²) in [7, 11) is 1.36. The molecule has 0 radical (unpaired) electrons. The van der Waals surface area contributed by atoms with Crippen molar-refractivity contribution in [2.45, 2.75) is 59.7 Å². The van der Waals surface area contributed by atoms with Gasteiger partial charge in [-0.3, -0.25) is 24.0 Å². The van der Waals surface area contributed by atoms with Crippen molar-refractivity contribution in [3.8, 4) is 11.5 Å². The number of nitrogens with one attached hydrogen (secondary N) is 4. The molecule has 6 aromatic rings. The molecule has 2 unspecified atom stereocenters. The molecule has 0 saturated heterocycles. The maximum absolute atomic E-state index is 14.0. The Hall–Kier alpha value is -9.97. The summed E-state index contributed by atoms with van der Waals surface area (Å²) in [6, 6.07) is 33.8. The third kappa shape index (κ3) is 16.8. The Morgan fingerprint density at radius 1 is 0.468 bits per heavy atom. The summed E-state index contributed by atoms with van der Waals surface area (Å²) in [5.41, 5.74) is 2.94. The van der Waals surface area contributed by atoms with E-state index in [9.17, 15) is 43.2 Å². The highest BCUT2D eigenvalue weighted by Gasteiger charge is 2.23. The van der Waals surface area contributed by atoms with Crippen LogP contribution in [0.4, 0.5) is 17.1 Å². The number of benzene rings is 6. The van der Waals surface area contributed by atoms with E-state index in [1.54, 1.807) is 74.5 Å². The minimum Gasteiger partial charge on any atom is -0.462 e. The molecule has 0 heterocycles. The first-order chi connectivity index (χ1) is 37.7. The molecule has 18 heteroatoms. The predicted octanol–water partition coefficient (Wildman–Crippen LogP) is 10.2. The van der Waals surface area contributed by atoms with Crippen molar-refractivity contribution < 1.29 is 66.8 Å². The summed E-state index contributed by atoms with van der Waals surface area (Å²) in [6.45, 7) is 14.9. The lowest BCUT2D eigenvalue weighted by atomic mass is 10.0.